The monoisotopic (exact) mass is 601 g/mol. The number of hydrogen-bond donors (Lipinski definition) is 0. The Morgan fingerprint density at radius 2 is 1.60 bits per heavy atom. The van der Waals surface area contributed by atoms with Crippen LogP contribution in [0, 0.1) is 24.7 Å². The van der Waals surface area contributed by atoms with Crippen LogP contribution < -0.4 is 9.64 Å². The van der Waals surface area contributed by atoms with Gasteiger partial charge in [0.05, 0.1) is 30.0 Å². The largest absolute Gasteiger partial charge is 0.496 e. The number of hydrogen-bond acceptors (Lipinski definition) is 7. The molecule has 0 N–H and O–H groups in total. The van der Waals surface area contributed by atoms with E-state index in [0.29, 0.717) is 50.0 Å². The number of carbonyl (C=O) groups is 2. The van der Waals surface area contributed by atoms with Gasteiger partial charge in [0.2, 0.25) is 5.91 Å². The van der Waals surface area contributed by atoms with Crippen molar-refractivity contribution in [3.63, 3.8) is 0 Å². The Hall–Kier alpha value is -3.26. The Balaban J connectivity index is 1.19. The van der Waals surface area contributed by atoms with Crippen molar-refractivity contribution in [3.8, 4) is 16.2 Å². The van der Waals surface area contributed by atoms with E-state index < -0.39 is 0 Å². The third kappa shape index (κ3) is 6.79. The highest BCUT2D eigenvalue weighted by atomic mass is 32.1. The van der Waals surface area contributed by atoms with Crippen LogP contribution in [0.3, 0.4) is 0 Å². The summed E-state index contributed by atoms with van der Waals surface area (Å²) in [4.78, 5) is 38.9. The predicted molar refractivity (Wildman–Crippen MR) is 170 cm³/mol. The van der Waals surface area contributed by atoms with Crippen LogP contribution in [0.1, 0.15) is 92.2 Å². The second kappa shape index (κ2) is 13.2. The van der Waals surface area contributed by atoms with Gasteiger partial charge in [-0.25, -0.2) is 9.97 Å². The Morgan fingerprint density at radius 1 is 0.884 bits per heavy atom. The molecular weight excluding hydrogens is 558 g/mol. The number of thiazole rings is 1. The number of aromatic nitrogens is 2. The van der Waals surface area contributed by atoms with Crippen molar-refractivity contribution >= 4 is 29.0 Å². The molecule has 0 unspecified atom stereocenters. The molecule has 0 saturated heterocycles. The minimum atomic E-state index is -0.156. The van der Waals surface area contributed by atoms with E-state index in [1.807, 2.05) is 23.4 Å². The highest BCUT2D eigenvalue weighted by Crippen LogP contribution is 2.44. The summed E-state index contributed by atoms with van der Waals surface area (Å²) in [6, 6.07) is 10.7. The maximum Gasteiger partial charge on any atom is 0.308 e. The lowest BCUT2D eigenvalue weighted by molar-refractivity contribution is -0.147. The summed E-state index contributed by atoms with van der Waals surface area (Å²) in [7, 11) is 3.17. The van der Waals surface area contributed by atoms with Crippen LogP contribution in [-0.2, 0) is 14.3 Å². The van der Waals surface area contributed by atoms with Crippen molar-refractivity contribution in [2.45, 2.75) is 83.0 Å². The lowest BCUT2D eigenvalue weighted by atomic mass is 9.78. The molecule has 1 amide bonds. The zero-order valence-electron chi connectivity index (χ0n) is 25.6. The Kier molecular flexibility index (Phi) is 9.12. The van der Waals surface area contributed by atoms with Crippen molar-refractivity contribution in [1.82, 2.24) is 9.97 Å². The van der Waals surface area contributed by atoms with Crippen molar-refractivity contribution in [2.75, 3.05) is 25.7 Å². The molecule has 3 aliphatic rings. The third-order valence-corrected chi connectivity index (χ3v) is 11.0. The van der Waals surface area contributed by atoms with E-state index in [0.717, 1.165) is 47.7 Å². The van der Waals surface area contributed by atoms with Crippen LogP contribution in [0.5, 0.6) is 5.75 Å². The number of benzene rings is 1. The van der Waals surface area contributed by atoms with Gasteiger partial charge in [-0.15, -0.1) is 11.3 Å². The second-order valence-corrected chi connectivity index (χ2v) is 13.8. The minimum absolute atomic E-state index is 0.102. The van der Waals surface area contributed by atoms with Gasteiger partial charge >= 0.3 is 5.97 Å². The first kappa shape index (κ1) is 29.8. The van der Waals surface area contributed by atoms with Gasteiger partial charge in [-0.1, -0.05) is 12.1 Å². The first-order chi connectivity index (χ1) is 20.9. The number of amides is 1. The molecule has 7 nitrogen and oxygen atoms in total. The number of anilines is 1. The van der Waals surface area contributed by atoms with Gasteiger partial charge in [0.25, 0.3) is 0 Å². The molecule has 3 fully saturated rings. The fourth-order valence-corrected chi connectivity index (χ4v) is 8.09. The van der Waals surface area contributed by atoms with Crippen LogP contribution in [0.2, 0.25) is 0 Å². The summed E-state index contributed by atoms with van der Waals surface area (Å²) in [5, 5.41) is 1.22. The zero-order valence-corrected chi connectivity index (χ0v) is 26.4. The van der Waals surface area contributed by atoms with Crippen molar-refractivity contribution in [2.24, 2.45) is 17.8 Å². The van der Waals surface area contributed by atoms with E-state index in [4.69, 9.17) is 14.5 Å². The number of rotatable bonds is 9. The van der Waals surface area contributed by atoms with Crippen LogP contribution >= 0.6 is 11.3 Å². The SMILES string of the molecule is COc1ccc([C@H]2CC[C@H](CN(c3cc(-c4cnc(C5CC5)s4)ccn3)C(=O)[C@H]3CC[C@H](C(=O)OC)CC3)CC2)cc1C. The van der Waals surface area contributed by atoms with Crippen LogP contribution in [0.25, 0.3) is 10.4 Å². The smallest absolute Gasteiger partial charge is 0.308 e. The molecule has 8 heteroatoms. The third-order valence-electron chi connectivity index (χ3n) is 9.81. The number of methoxy groups -OCH3 is 2. The maximum atomic E-state index is 14.2. The fraction of sp³-hybridized carbons (Fsp3) is 0.543. The molecular formula is C35H43N3O4S. The molecule has 0 spiro atoms. The molecule has 3 aliphatic carbocycles. The molecule has 0 aliphatic heterocycles. The summed E-state index contributed by atoms with van der Waals surface area (Å²) in [6.07, 6.45) is 13.5. The van der Waals surface area contributed by atoms with Crippen molar-refractivity contribution in [3.05, 3.63) is 58.9 Å². The molecule has 2 aromatic heterocycles. The molecule has 1 aromatic carbocycles. The second-order valence-electron chi connectivity index (χ2n) is 12.7. The number of nitrogens with zero attached hydrogens (tertiary/aromatic N) is 3. The molecule has 3 aromatic rings. The summed E-state index contributed by atoms with van der Waals surface area (Å²) in [5.74, 6) is 3.02. The lowest BCUT2D eigenvalue weighted by Crippen LogP contribution is -2.42. The highest BCUT2D eigenvalue weighted by molar-refractivity contribution is 7.15. The summed E-state index contributed by atoms with van der Waals surface area (Å²) in [5.41, 5.74) is 3.63. The van der Waals surface area contributed by atoms with E-state index in [1.54, 1.807) is 18.4 Å². The quantitative estimate of drug-likeness (QED) is 0.234. The number of ether oxygens (including phenoxy) is 2. The van der Waals surface area contributed by atoms with E-state index in [9.17, 15) is 9.59 Å². The number of pyridine rings is 1. The van der Waals surface area contributed by atoms with Crippen LogP contribution in [0.4, 0.5) is 5.82 Å². The molecule has 0 atom stereocenters. The first-order valence-electron chi connectivity index (χ1n) is 15.9. The number of carbonyl (C=O) groups excluding carboxylic acids is 2. The molecule has 2 heterocycles. The Labute approximate surface area is 259 Å². The molecule has 43 heavy (non-hydrogen) atoms. The lowest BCUT2D eigenvalue weighted by Gasteiger charge is -2.35. The average molecular weight is 602 g/mol. The Bertz CT molecular complexity index is 1430. The topological polar surface area (TPSA) is 81.6 Å². The molecule has 0 bridgehead atoms. The van der Waals surface area contributed by atoms with Crippen LogP contribution in [0.15, 0.2) is 42.7 Å². The van der Waals surface area contributed by atoms with Gasteiger partial charge in [0.1, 0.15) is 11.6 Å². The van der Waals surface area contributed by atoms with Gasteiger partial charge in [0.15, 0.2) is 0 Å². The van der Waals surface area contributed by atoms with E-state index >= 15 is 0 Å². The Morgan fingerprint density at radius 3 is 2.28 bits per heavy atom. The highest BCUT2D eigenvalue weighted by Gasteiger charge is 2.35. The summed E-state index contributed by atoms with van der Waals surface area (Å²) >= 11 is 1.76. The summed E-state index contributed by atoms with van der Waals surface area (Å²) < 4.78 is 10.4. The molecule has 228 valence electrons. The fourth-order valence-electron chi connectivity index (χ4n) is 7.01. The van der Waals surface area contributed by atoms with Gasteiger partial charge in [0, 0.05) is 30.8 Å². The van der Waals surface area contributed by atoms with E-state index in [-0.39, 0.29) is 23.7 Å². The van der Waals surface area contributed by atoms with Gasteiger partial charge in [-0.2, -0.15) is 0 Å². The van der Waals surface area contributed by atoms with E-state index in [1.165, 1.54) is 36.1 Å². The predicted octanol–water partition coefficient (Wildman–Crippen LogP) is 7.69. The number of esters is 1. The molecule has 0 radical (unpaired) electrons. The maximum absolute atomic E-state index is 14.2. The van der Waals surface area contributed by atoms with E-state index in [2.05, 4.69) is 36.2 Å². The standard InChI is InChI=1S/C35H43N3O4S/c1-22-18-28(14-15-30(22)41-2)24-6-4-23(5-7-24)21-38(34(39)26-10-12-27(13-11-26)35(40)42-3)32-19-29(16-17-36-32)31-20-37-33(43-31)25-8-9-25/h14-20,23-27H,4-13,21H2,1-3H3/t23-,24-,26-,27-. The van der Waals surface area contributed by atoms with Crippen molar-refractivity contribution in [1.29, 1.82) is 0 Å². The van der Waals surface area contributed by atoms with Gasteiger partial charge < -0.3 is 9.47 Å². The van der Waals surface area contributed by atoms with Crippen molar-refractivity contribution < 1.29 is 19.1 Å². The normalized spacial score (nSPS) is 23.9. The van der Waals surface area contributed by atoms with Gasteiger partial charge in [-0.05, 0) is 118 Å². The first-order valence-corrected chi connectivity index (χ1v) is 16.7. The minimum Gasteiger partial charge on any atom is -0.496 e. The average Bonchev–Trinajstić information content (AvgIpc) is 3.79. The number of aryl methyl sites for hydroxylation is 1. The van der Waals surface area contributed by atoms with Crippen LogP contribution in [-0.4, -0.2) is 42.6 Å². The van der Waals surface area contributed by atoms with Gasteiger partial charge in [-0.3, -0.25) is 14.5 Å². The molecule has 3 saturated carbocycles. The summed E-state index contributed by atoms with van der Waals surface area (Å²) in [6.45, 7) is 2.78. The molecule has 6 rings (SSSR count). The zero-order chi connectivity index (χ0) is 29.9.